The van der Waals surface area contributed by atoms with Gasteiger partial charge in [-0.2, -0.15) is 4.98 Å². The van der Waals surface area contributed by atoms with Crippen LogP contribution in [0.15, 0.2) is 71.7 Å². The van der Waals surface area contributed by atoms with E-state index in [-0.39, 0.29) is 5.56 Å². The van der Waals surface area contributed by atoms with Crippen LogP contribution in [-0.2, 0) is 6.42 Å². The molecule has 0 saturated carbocycles. The van der Waals surface area contributed by atoms with Gasteiger partial charge in [-0.15, -0.1) is 0 Å². The first-order valence-corrected chi connectivity index (χ1v) is 10.9. The monoisotopic (exact) mass is 410 g/mol. The minimum Gasteiger partial charge on any atom is -0.342 e. The maximum absolute atomic E-state index is 13.0. The zero-order valence-corrected chi connectivity index (χ0v) is 17.7. The Hall–Kier alpha value is -3.47. The van der Waals surface area contributed by atoms with Gasteiger partial charge in [0.05, 0.1) is 5.39 Å². The highest BCUT2D eigenvalue weighted by Crippen LogP contribution is 2.27. The van der Waals surface area contributed by atoms with Crippen LogP contribution < -0.4 is 10.5 Å². The van der Waals surface area contributed by atoms with Crippen LogP contribution in [0.3, 0.4) is 0 Å². The molecule has 2 aromatic heterocycles. The number of piperidine rings is 1. The number of hydrogen-bond donors (Lipinski definition) is 1. The summed E-state index contributed by atoms with van der Waals surface area (Å²) < 4.78 is 0. The predicted molar refractivity (Wildman–Crippen MR) is 125 cm³/mol. The third-order valence-corrected chi connectivity index (χ3v) is 6.24. The van der Waals surface area contributed by atoms with Crippen molar-refractivity contribution in [2.45, 2.75) is 26.2 Å². The largest absolute Gasteiger partial charge is 0.342 e. The average molecular weight is 411 g/mol. The number of hydrogen-bond acceptors (Lipinski definition) is 4. The maximum Gasteiger partial charge on any atom is 0.262 e. The Morgan fingerprint density at radius 3 is 2.48 bits per heavy atom. The van der Waals surface area contributed by atoms with Crippen molar-refractivity contribution >= 4 is 17.0 Å². The molecule has 3 heterocycles. The van der Waals surface area contributed by atoms with Gasteiger partial charge < -0.3 is 4.90 Å². The van der Waals surface area contributed by atoms with Crippen LogP contribution in [0.25, 0.3) is 22.2 Å². The van der Waals surface area contributed by atoms with Crippen LogP contribution in [0.2, 0.25) is 0 Å². The molecule has 31 heavy (non-hydrogen) atoms. The van der Waals surface area contributed by atoms with Gasteiger partial charge in [0.15, 0.2) is 5.65 Å². The van der Waals surface area contributed by atoms with E-state index in [0.717, 1.165) is 43.5 Å². The summed E-state index contributed by atoms with van der Waals surface area (Å²) in [5, 5.41) is 0.550. The summed E-state index contributed by atoms with van der Waals surface area (Å²) in [6.07, 6.45) is 5.03. The molecule has 0 bridgehead atoms. The fourth-order valence-electron chi connectivity index (χ4n) is 4.47. The van der Waals surface area contributed by atoms with Crippen LogP contribution in [0.1, 0.15) is 24.0 Å². The molecule has 0 radical (unpaired) electrons. The van der Waals surface area contributed by atoms with Crippen molar-refractivity contribution in [3.8, 4) is 11.1 Å². The molecule has 156 valence electrons. The minimum absolute atomic E-state index is 0.130. The zero-order valence-electron chi connectivity index (χ0n) is 17.7. The van der Waals surface area contributed by atoms with E-state index in [1.165, 1.54) is 11.1 Å². The lowest BCUT2D eigenvalue weighted by Gasteiger charge is -2.32. The number of pyridine rings is 1. The molecule has 1 aliphatic heterocycles. The van der Waals surface area contributed by atoms with Gasteiger partial charge in [0.25, 0.3) is 5.56 Å². The van der Waals surface area contributed by atoms with E-state index in [0.29, 0.717) is 22.9 Å². The second kappa shape index (κ2) is 8.34. The first-order chi connectivity index (χ1) is 15.2. The molecule has 0 amide bonds. The number of rotatable bonds is 4. The van der Waals surface area contributed by atoms with E-state index in [9.17, 15) is 4.79 Å². The summed E-state index contributed by atoms with van der Waals surface area (Å²) in [7, 11) is 0. The summed E-state index contributed by atoms with van der Waals surface area (Å²) in [5.41, 5.74) is 4.82. The molecule has 1 aliphatic rings. The first-order valence-electron chi connectivity index (χ1n) is 10.9. The molecule has 5 nitrogen and oxygen atoms in total. The Labute approximate surface area is 181 Å². The normalized spacial score (nSPS) is 14.8. The molecule has 0 aliphatic carbocycles. The number of nitrogens with zero attached hydrogens (tertiary/aromatic N) is 3. The molecule has 1 N–H and O–H groups in total. The molecule has 0 atom stereocenters. The quantitative estimate of drug-likeness (QED) is 0.527. The summed E-state index contributed by atoms with van der Waals surface area (Å²) >= 11 is 0. The topological polar surface area (TPSA) is 61.9 Å². The molecular weight excluding hydrogens is 384 g/mol. The van der Waals surface area contributed by atoms with Crippen LogP contribution >= 0.6 is 0 Å². The molecular formula is C26H26N4O. The number of nitrogens with one attached hydrogen (secondary N) is 1. The van der Waals surface area contributed by atoms with Crippen molar-refractivity contribution in [2.24, 2.45) is 5.92 Å². The molecule has 2 aromatic carbocycles. The standard InChI is InChI=1S/C26H26N4O/c1-18-7-9-21(10-8-18)22-11-14-27-24-23(22)25(31)29-26(28-24)30-15-12-20(13-16-30)17-19-5-3-2-4-6-19/h2-11,14,20H,12-13,15-17H2,1H3,(H,27,28,29,31). The molecule has 0 spiro atoms. The smallest absolute Gasteiger partial charge is 0.262 e. The Morgan fingerprint density at radius 2 is 1.74 bits per heavy atom. The van der Waals surface area contributed by atoms with E-state index >= 15 is 0 Å². The minimum atomic E-state index is -0.130. The molecule has 1 fully saturated rings. The van der Waals surface area contributed by atoms with Gasteiger partial charge in [0, 0.05) is 19.3 Å². The second-order valence-corrected chi connectivity index (χ2v) is 8.43. The van der Waals surface area contributed by atoms with Gasteiger partial charge in [-0.1, -0.05) is 60.2 Å². The summed E-state index contributed by atoms with van der Waals surface area (Å²) in [6.45, 7) is 3.84. The number of anilines is 1. The van der Waals surface area contributed by atoms with E-state index < -0.39 is 0 Å². The van der Waals surface area contributed by atoms with Crippen molar-refractivity contribution in [3.05, 3.63) is 88.3 Å². The van der Waals surface area contributed by atoms with Crippen molar-refractivity contribution in [3.63, 3.8) is 0 Å². The molecule has 4 aromatic rings. The Kier molecular flexibility index (Phi) is 5.24. The van der Waals surface area contributed by atoms with Crippen molar-refractivity contribution in [1.82, 2.24) is 15.0 Å². The van der Waals surface area contributed by atoms with Crippen LogP contribution in [0, 0.1) is 12.8 Å². The van der Waals surface area contributed by atoms with Gasteiger partial charge in [0.1, 0.15) is 0 Å². The van der Waals surface area contributed by atoms with Crippen molar-refractivity contribution in [2.75, 3.05) is 18.0 Å². The van der Waals surface area contributed by atoms with Crippen LogP contribution in [0.4, 0.5) is 5.95 Å². The van der Waals surface area contributed by atoms with Gasteiger partial charge in [-0.3, -0.25) is 9.78 Å². The Balaban J connectivity index is 1.38. The van der Waals surface area contributed by atoms with E-state index in [1.807, 2.05) is 18.2 Å². The summed E-state index contributed by atoms with van der Waals surface area (Å²) in [4.78, 5) is 27.4. The lowest BCUT2D eigenvalue weighted by atomic mass is 9.90. The Bertz CT molecular complexity index is 1240. The zero-order chi connectivity index (χ0) is 21.2. The number of aryl methyl sites for hydroxylation is 1. The summed E-state index contributed by atoms with van der Waals surface area (Å²) in [5.74, 6) is 1.29. The lowest BCUT2D eigenvalue weighted by molar-refractivity contribution is 0.400. The second-order valence-electron chi connectivity index (χ2n) is 8.43. The highest BCUT2D eigenvalue weighted by molar-refractivity contribution is 5.92. The predicted octanol–water partition coefficient (Wildman–Crippen LogP) is 4.75. The maximum atomic E-state index is 13.0. The lowest BCUT2D eigenvalue weighted by Crippen LogP contribution is -2.36. The van der Waals surface area contributed by atoms with Crippen LogP contribution in [-0.4, -0.2) is 28.0 Å². The molecule has 5 rings (SSSR count). The summed E-state index contributed by atoms with van der Waals surface area (Å²) in [6, 6.07) is 20.7. The van der Waals surface area contributed by atoms with Gasteiger partial charge >= 0.3 is 0 Å². The number of aromatic nitrogens is 3. The van der Waals surface area contributed by atoms with Crippen molar-refractivity contribution in [1.29, 1.82) is 0 Å². The van der Waals surface area contributed by atoms with Crippen LogP contribution in [0.5, 0.6) is 0 Å². The van der Waals surface area contributed by atoms with E-state index in [2.05, 4.69) is 64.3 Å². The fourth-order valence-corrected chi connectivity index (χ4v) is 4.47. The van der Waals surface area contributed by atoms with Gasteiger partial charge in [-0.05, 0) is 54.9 Å². The third-order valence-electron chi connectivity index (χ3n) is 6.24. The average Bonchev–Trinajstić information content (AvgIpc) is 2.80. The molecule has 0 unspecified atom stereocenters. The number of H-pyrrole nitrogens is 1. The fraction of sp³-hybridized carbons (Fsp3) is 0.269. The van der Waals surface area contributed by atoms with Crippen molar-refractivity contribution < 1.29 is 0 Å². The third kappa shape index (κ3) is 4.08. The highest BCUT2D eigenvalue weighted by atomic mass is 16.1. The number of aromatic amines is 1. The SMILES string of the molecule is Cc1ccc(-c2ccnc3nc(N4CCC(Cc5ccccc5)CC4)[nH]c(=O)c23)cc1. The van der Waals surface area contributed by atoms with E-state index in [1.54, 1.807) is 6.20 Å². The van der Waals surface area contributed by atoms with Gasteiger partial charge in [0.2, 0.25) is 5.95 Å². The first kappa shape index (κ1) is 19.5. The number of fused-ring (bicyclic) bond motifs is 1. The van der Waals surface area contributed by atoms with E-state index in [4.69, 9.17) is 4.98 Å². The molecule has 1 saturated heterocycles. The Morgan fingerprint density at radius 1 is 1.00 bits per heavy atom. The highest BCUT2D eigenvalue weighted by Gasteiger charge is 2.22. The number of benzene rings is 2. The molecule has 5 heteroatoms. The van der Waals surface area contributed by atoms with Gasteiger partial charge in [-0.25, -0.2) is 4.98 Å².